The fourth-order valence-electron chi connectivity index (χ4n) is 9.79. The molecule has 82 heavy (non-hydrogen) atoms. The molecule has 0 unspecified atom stereocenters. The molecule has 3 aliphatic rings. The second-order valence-electron chi connectivity index (χ2n) is 19.4. The van der Waals surface area contributed by atoms with E-state index in [4.69, 9.17) is 25.5 Å². The highest BCUT2D eigenvalue weighted by molar-refractivity contribution is 8.00. The van der Waals surface area contributed by atoms with Gasteiger partial charge in [0.1, 0.15) is 102 Å². The first kappa shape index (κ1) is 55.5. The number of nitrogens with one attached hydrogen (secondary N) is 2. The second kappa shape index (κ2) is 25.2. The maximum Gasteiger partial charge on any atom is 0.306 e. The van der Waals surface area contributed by atoms with Crippen LogP contribution in [0.2, 0.25) is 1.41 Å². The quantitative estimate of drug-likeness (QED) is 0.0572. The summed E-state index contributed by atoms with van der Waals surface area (Å²) in [6.45, 7) is -1.29. The monoisotopic (exact) mass is 1150 g/mol. The number of nitrogens with zero attached hydrogens (tertiary/aromatic N) is 9. The zero-order valence-electron chi connectivity index (χ0n) is 44.1. The van der Waals surface area contributed by atoms with Gasteiger partial charge in [-0.25, -0.2) is 18.1 Å². The van der Waals surface area contributed by atoms with E-state index < -0.39 is 128 Å². The number of fused-ring (bicyclic) bond motifs is 5. The largest absolute Gasteiger partial charge is 0.481 e. The number of amides is 2. The molecule has 4 aromatic carbocycles. The summed E-state index contributed by atoms with van der Waals surface area (Å²) < 4.78 is 62.3. The predicted molar refractivity (Wildman–Crippen MR) is 282 cm³/mol. The summed E-state index contributed by atoms with van der Waals surface area (Å²) in [4.78, 5) is 65.7. The number of carbonyl (C=O) groups excluding carboxylic acids is 4. The van der Waals surface area contributed by atoms with Gasteiger partial charge in [-0.2, -0.15) is 0 Å². The number of carbonyl (C=O) groups is 5. The molecule has 2 amide bonds. The average molecular weight is 1150 g/mol. The van der Waals surface area contributed by atoms with Gasteiger partial charge in [-0.15, -0.1) is 15.3 Å². The molecule has 25 nitrogen and oxygen atoms in total. The van der Waals surface area contributed by atoms with E-state index in [0.29, 0.717) is 51.1 Å². The normalized spacial score (nSPS) is 23.2. The smallest absolute Gasteiger partial charge is 0.306 e. The lowest BCUT2D eigenvalue weighted by Gasteiger charge is -2.46. The lowest BCUT2D eigenvalue weighted by atomic mass is 9.96. The Hall–Kier alpha value is -8.38. The minimum Gasteiger partial charge on any atom is -0.481 e. The van der Waals surface area contributed by atoms with Crippen LogP contribution < -0.4 is 10.2 Å². The summed E-state index contributed by atoms with van der Waals surface area (Å²) in [7, 11) is 0. The van der Waals surface area contributed by atoms with Gasteiger partial charge in [0.2, 0.25) is 11.8 Å². The number of aliphatic hydroxyl groups is 4. The van der Waals surface area contributed by atoms with Gasteiger partial charge < -0.3 is 54.7 Å². The number of H-pyrrole nitrogens is 1. The number of aliphatic carboxylic acids is 1. The van der Waals surface area contributed by atoms with E-state index in [-0.39, 0.29) is 43.2 Å². The Balaban J connectivity index is 0.820. The molecule has 0 spiro atoms. The molecule has 3 aromatic heterocycles. The number of anilines is 1. The molecule has 0 radical (unpaired) electrons. The molecule has 2 saturated heterocycles. The number of hydrogen-bond acceptors (Lipinski definition) is 20. The highest BCUT2D eigenvalue weighted by Gasteiger charge is 2.52. The summed E-state index contributed by atoms with van der Waals surface area (Å²) in [5.41, 5.74) is 1.30. The average Bonchev–Trinajstić information content (AvgIpc) is 3.94. The van der Waals surface area contributed by atoms with Gasteiger partial charge in [0.05, 0.1) is 49.6 Å². The van der Waals surface area contributed by atoms with Gasteiger partial charge in [-0.05, 0) is 35.9 Å². The number of ether oxygens (including phenoxy) is 4. The van der Waals surface area contributed by atoms with Crippen LogP contribution >= 0.6 is 11.8 Å². The third-order valence-electron chi connectivity index (χ3n) is 13.9. The minimum atomic E-state index is -1.76. The van der Waals surface area contributed by atoms with E-state index in [9.17, 15) is 53.2 Å². The van der Waals surface area contributed by atoms with Gasteiger partial charge in [-0.1, -0.05) is 94.1 Å². The van der Waals surface area contributed by atoms with Crippen LogP contribution in [0.4, 0.5) is 14.5 Å². The maximum atomic E-state index is 14.3. The van der Waals surface area contributed by atoms with Crippen molar-refractivity contribution < 1.29 is 78.6 Å². The Morgan fingerprint density at radius 1 is 0.683 bits per heavy atom. The van der Waals surface area contributed by atoms with Gasteiger partial charge in [0.25, 0.3) is 0 Å². The minimum absolute atomic E-state index is 0.0954. The van der Waals surface area contributed by atoms with E-state index >= 15 is 0 Å². The number of esters is 2. The van der Waals surface area contributed by atoms with Crippen LogP contribution in [0.5, 0.6) is 0 Å². The summed E-state index contributed by atoms with van der Waals surface area (Å²) in [5.74, 6) is -5.19. The zero-order chi connectivity index (χ0) is 58.5. The Morgan fingerprint density at radius 2 is 1.23 bits per heavy atom. The zero-order valence-corrected chi connectivity index (χ0v) is 43.9. The molecule has 428 valence electrons. The Labute approximate surface area is 469 Å². The van der Waals surface area contributed by atoms with Crippen molar-refractivity contribution in [2.24, 2.45) is 0 Å². The van der Waals surface area contributed by atoms with Crippen LogP contribution in [0.3, 0.4) is 0 Å². The lowest BCUT2D eigenvalue weighted by Crippen LogP contribution is -2.58. The topological polar surface area (TPSA) is 342 Å². The molecular weight excluding hydrogens is 1100 g/mol. The van der Waals surface area contributed by atoms with E-state index in [0.717, 1.165) is 20.0 Å². The van der Waals surface area contributed by atoms with Crippen molar-refractivity contribution in [1.29, 1.82) is 0 Å². The number of aromatic amines is 1. The van der Waals surface area contributed by atoms with Crippen molar-refractivity contribution in [2.75, 3.05) is 24.7 Å². The van der Waals surface area contributed by atoms with Crippen molar-refractivity contribution in [3.63, 3.8) is 0 Å². The van der Waals surface area contributed by atoms with Crippen molar-refractivity contribution in [3.05, 3.63) is 127 Å². The number of benzene rings is 4. The molecular formula is C54H53F2N11O14S. The number of halogens is 2. The SMILES string of the molecule is [3H]n1nnc2c1-c1ccccc1CN(C(=O)CCNC(=O)CCC(=O)OC[C@H]1O[C@@H](S[C@@H]3O[C@H](COC(=O)CCC(=O)O)[C@H](O)[C@H](n4cc(-c5cccc(F)c5)nn4)[C@H]3O)[C@H](O)[C@@H](n3cc(-c4cccc(F)c4)nn3)[C@H]1O)c1ccccc1-2. The summed E-state index contributed by atoms with van der Waals surface area (Å²) in [6.07, 6.45) is -9.25. The lowest BCUT2D eigenvalue weighted by molar-refractivity contribution is -0.196. The van der Waals surface area contributed by atoms with Crippen molar-refractivity contribution >= 4 is 47.2 Å². The van der Waals surface area contributed by atoms with Crippen LogP contribution in [-0.4, -0.2) is 168 Å². The van der Waals surface area contributed by atoms with E-state index in [1.807, 2.05) is 24.3 Å². The van der Waals surface area contributed by atoms with E-state index in [1.165, 1.54) is 48.8 Å². The van der Waals surface area contributed by atoms with Crippen LogP contribution in [0.25, 0.3) is 45.0 Å². The second-order valence-corrected chi connectivity index (χ2v) is 20.6. The molecule has 10 atom stereocenters. The summed E-state index contributed by atoms with van der Waals surface area (Å²) in [6, 6.07) is 22.3. The number of thioether (sulfide) groups is 1. The third kappa shape index (κ3) is 12.7. The number of carboxylic acids is 1. The Morgan fingerprint density at radius 3 is 1.80 bits per heavy atom. The van der Waals surface area contributed by atoms with Crippen LogP contribution in [-0.2, 0) is 49.5 Å². The van der Waals surface area contributed by atoms with Crippen molar-refractivity contribution in [3.8, 4) is 45.0 Å². The highest BCUT2D eigenvalue weighted by atomic mass is 32.2. The number of aromatic nitrogens is 9. The number of rotatable bonds is 19. The molecule has 2 fully saturated rings. The predicted octanol–water partition coefficient (Wildman–Crippen LogP) is 3.13. The fourth-order valence-corrected chi connectivity index (χ4v) is 11.1. The standard InChI is InChI=1S/C54H53F2N11O14S/c55-31-10-5-8-28(21-31)35-24-66(63-58-35)47-49(74)38(26-78-43(72)17-15-40(68)57-20-19-41(69)65-23-30-7-1-2-12-33(30)45-46(61-62-60-45)34-13-3-4-14-37(34)65)80-53(51(47)76)82-54-52(77)48(50(75)39(81-54)27-79-44(73)18-16-42(70)71)67-25-36(59-64-67)29-9-6-11-32(56)22-29/h1-14,21-22,24-25,38-39,47-54,74-77H,15-20,23,26-27H2,(H,57,68)(H,70,71)(H,60,61,62)/t38-,39-,47+,48+,49+,50+,51-,52-,53+,54+/m1/s1/i/hT. The molecule has 0 saturated carbocycles. The molecule has 7 N–H and O–H groups in total. The first-order valence-corrected chi connectivity index (χ1v) is 26.7. The van der Waals surface area contributed by atoms with E-state index in [1.54, 1.807) is 41.3 Å². The molecule has 3 aliphatic heterocycles. The molecule has 0 aliphatic carbocycles. The Kier molecular flexibility index (Phi) is 17.1. The third-order valence-corrected chi connectivity index (χ3v) is 15.2. The molecule has 0 bridgehead atoms. The number of carboxylic acid groups (broad SMARTS) is 1. The fraction of sp³-hybridized carbons (Fsp3) is 0.352. The highest BCUT2D eigenvalue weighted by Crippen LogP contribution is 2.44. The summed E-state index contributed by atoms with van der Waals surface area (Å²) in [5, 5.41) is 85.0. The molecule has 10 rings (SSSR count). The first-order chi connectivity index (χ1) is 40.0. The molecule has 7 aromatic rings. The van der Waals surface area contributed by atoms with Gasteiger partial charge in [-0.3, -0.25) is 29.1 Å². The number of para-hydroxylation sites is 1. The van der Waals surface area contributed by atoms with Gasteiger partial charge in [0, 0.05) is 41.6 Å². The van der Waals surface area contributed by atoms with Crippen LogP contribution in [0, 0.1) is 11.6 Å². The first-order valence-electron chi connectivity index (χ1n) is 26.2. The van der Waals surface area contributed by atoms with Gasteiger partial charge >= 0.3 is 17.9 Å². The Bertz CT molecular complexity index is 3520. The van der Waals surface area contributed by atoms with Gasteiger partial charge in [0.15, 0.2) is 1.41 Å². The number of aliphatic hydroxyl groups excluding tert-OH is 4. The number of hydrogen-bond donors (Lipinski definition) is 7. The maximum absolute atomic E-state index is 14.3. The van der Waals surface area contributed by atoms with E-state index in [2.05, 4.69) is 36.3 Å². The van der Waals surface area contributed by atoms with Crippen molar-refractivity contribution in [1.82, 2.24) is 50.7 Å². The molecule has 6 heterocycles. The van der Waals surface area contributed by atoms with Crippen molar-refractivity contribution in [2.45, 2.75) is 98.2 Å². The van der Waals surface area contributed by atoms with Crippen LogP contribution in [0.15, 0.2) is 109 Å². The summed E-state index contributed by atoms with van der Waals surface area (Å²) >= 11 is 0.645. The van der Waals surface area contributed by atoms with Crippen LogP contribution in [0.1, 0.15) is 49.8 Å². The molecule has 28 heteroatoms.